The molecule has 1 aromatic rings. The van der Waals surface area contributed by atoms with Gasteiger partial charge in [0.2, 0.25) is 0 Å². The maximum absolute atomic E-state index is 12.9. The van der Waals surface area contributed by atoms with Crippen LogP contribution in [-0.4, -0.2) is 9.55 Å². The van der Waals surface area contributed by atoms with E-state index >= 15 is 0 Å². The van der Waals surface area contributed by atoms with E-state index in [-0.39, 0.29) is 28.4 Å². The SMILES string of the molecule is O=c1[nH]c(Cl)c(C2CCCC2)c(=O)n1C1CC2CCC1C2. The Morgan fingerprint density at radius 1 is 1.05 bits per heavy atom. The zero-order chi connectivity index (χ0) is 14.6. The molecule has 3 fully saturated rings. The van der Waals surface area contributed by atoms with Crippen molar-refractivity contribution in [2.75, 3.05) is 0 Å². The topological polar surface area (TPSA) is 54.9 Å². The molecular weight excluding hydrogens is 288 g/mol. The summed E-state index contributed by atoms with van der Waals surface area (Å²) in [6, 6.07) is 0.0948. The van der Waals surface area contributed by atoms with Gasteiger partial charge in [0, 0.05) is 6.04 Å². The smallest absolute Gasteiger partial charge is 0.297 e. The van der Waals surface area contributed by atoms with Crippen LogP contribution in [0.3, 0.4) is 0 Å². The monoisotopic (exact) mass is 308 g/mol. The van der Waals surface area contributed by atoms with E-state index in [0.29, 0.717) is 17.4 Å². The van der Waals surface area contributed by atoms with Gasteiger partial charge in [-0.1, -0.05) is 30.9 Å². The molecule has 0 amide bonds. The highest BCUT2D eigenvalue weighted by atomic mass is 35.5. The summed E-state index contributed by atoms with van der Waals surface area (Å²) in [6.45, 7) is 0. The molecule has 1 heterocycles. The minimum Gasteiger partial charge on any atom is -0.297 e. The Labute approximate surface area is 128 Å². The number of aromatic nitrogens is 2. The zero-order valence-corrected chi connectivity index (χ0v) is 12.9. The first kappa shape index (κ1) is 13.6. The van der Waals surface area contributed by atoms with Gasteiger partial charge in [0.1, 0.15) is 5.15 Å². The predicted octanol–water partition coefficient (Wildman–Crippen LogP) is 3.21. The van der Waals surface area contributed by atoms with Crippen LogP contribution in [0, 0.1) is 11.8 Å². The van der Waals surface area contributed by atoms with Crippen LogP contribution in [0.4, 0.5) is 0 Å². The molecule has 3 atom stereocenters. The highest BCUT2D eigenvalue weighted by molar-refractivity contribution is 6.30. The highest BCUT2D eigenvalue weighted by Gasteiger charge is 2.42. The van der Waals surface area contributed by atoms with Crippen LogP contribution in [0.25, 0.3) is 0 Å². The van der Waals surface area contributed by atoms with Crippen LogP contribution < -0.4 is 11.2 Å². The Bertz CT molecular complexity index is 672. The molecule has 1 N–H and O–H groups in total. The third kappa shape index (κ3) is 2.10. The van der Waals surface area contributed by atoms with E-state index in [2.05, 4.69) is 4.98 Å². The number of hydrogen-bond donors (Lipinski definition) is 1. The van der Waals surface area contributed by atoms with E-state index in [4.69, 9.17) is 11.6 Å². The summed E-state index contributed by atoms with van der Waals surface area (Å²) in [5, 5.41) is 0.274. The van der Waals surface area contributed by atoms with Gasteiger partial charge >= 0.3 is 5.69 Å². The summed E-state index contributed by atoms with van der Waals surface area (Å²) in [4.78, 5) is 28.0. The lowest BCUT2D eigenvalue weighted by Crippen LogP contribution is -2.42. The van der Waals surface area contributed by atoms with E-state index in [1.165, 1.54) is 17.4 Å². The molecule has 0 spiro atoms. The standard InChI is InChI=1S/C16H21ClN2O2/c17-14-13(10-3-1-2-4-10)15(20)19(16(21)18-14)12-8-9-5-6-11(12)7-9/h9-12H,1-8H2,(H,18,21). The van der Waals surface area contributed by atoms with Crippen LogP contribution in [0.2, 0.25) is 5.15 Å². The summed E-state index contributed by atoms with van der Waals surface area (Å²) in [5.41, 5.74) is 0.231. The maximum Gasteiger partial charge on any atom is 0.329 e. The fraction of sp³-hybridized carbons (Fsp3) is 0.750. The van der Waals surface area contributed by atoms with Crippen molar-refractivity contribution in [1.29, 1.82) is 0 Å². The van der Waals surface area contributed by atoms with Crippen molar-refractivity contribution in [3.63, 3.8) is 0 Å². The minimum atomic E-state index is -0.315. The number of aromatic amines is 1. The van der Waals surface area contributed by atoms with E-state index in [1.54, 1.807) is 0 Å². The van der Waals surface area contributed by atoms with E-state index in [1.807, 2.05) is 0 Å². The van der Waals surface area contributed by atoms with Gasteiger partial charge in [-0.25, -0.2) is 4.79 Å². The van der Waals surface area contributed by atoms with Crippen LogP contribution >= 0.6 is 11.6 Å². The Hall–Kier alpha value is -1.03. The first-order valence-electron chi connectivity index (χ1n) is 8.19. The first-order valence-corrected chi connectivity index (χ1v) is 8.57. The van der Waals surface area contributed by atoms with Gasteiger partial charge in [0.25, 0.3) is 5.56 Å². The summed E-state index contributed by atoms with van der Waals surface area (Å²) >= 11 is 6.20. The minimum absolute atomic E-state index is 0.0948. The number of nitrogens with one attached hydrogen (secondary N) is 1. The molecule has 3 aliphatic carbocycles. The van der Waals surface area contributed by atoms with E-state index in [0.717, 1.165) is 38.5 Å². The average molecular weight is 309 g/mol. The lowest BCUT2D eigenvalue weighted by molar-refractivity contribution is 0.311. The fourth-order valence-electron chi connectivity index (χ4n) is 4.93. The average Bonchev–Trinajstić information content (AvgIpc) is 3.15. The summed E-state index contributed by atoms with van der Waals surface area (Å²) in [6.07, 6.45) is 8.90. The van der Waals surface area contributed by atoms with Gasteiger partial charge in [-0.15, -0.1) is 0 Å². The molecule has 4 rings (SSSR count). The predicted molar refractivity (Wildman–Crippen MR) is 82.0 cm³/mol. The molecule has 0 radical (unpaired) electrons. The molecule has 114 valence electrons. The Balaban J connectivity index is 1.82. The normalized spacial score (nSPS) is 32.1. The third-order valence-electron chi connectivity index (χ3n) is 5.92. The van der Waals surface area contributed by atoms with Gasteiger partial charge in [0.15, 0.2) is 0 Å². The molecule has 0 saturated heterocycles. The van der Waals surface area contributed by atoms with Gasteiger partial charge in [-0.05, 0) is 49.9 Å². The molecule has 5 heteroatoms. The van der Waals surface area contributed by atoms with Crippen LogP contribution in [0.5, 0.6) is 0 Å². The second-order valence-electron chi connectivity index (χ2n) is 7.06. The zero-order valence-electron chi connectivity index (χ0n) is 12.1. The first-order chi connectivity index (χ1) is 10.1. The summed E-state index contributed by atoms with van der Waals surface area (Å²) < 4.78 is 1.50. The molecular formula is C16H21ClN2O2. The molecule has 4 nitrogen and oxygen atoms in total. The van der Waals surface area contributed by atoms with Crippen molar-refractivity contribution < 1.29 is 0 Å². The Morgan fingerprint density at radius 3 is 2.43 bits per heavy atom. The van der Waals surface area contributed by atoms with Crippen molar-refractivity contribution in [1.82, 2.24) is 9.55 Å². The molecule has 3 saturated carbocycles. The quantitative estimate of drug-likeness (QED) is 0.853. The molecule has 0 aliphatic heterocycles. The summed E-state index contributed by atoms with van der Waals surface area (Å²) in [7, 11) is 0. The molecule has 0 aromatic carbocycles. The fourth-order valence-corrected chi connectivity index (χ4v) is 5.25. The molecule has 1 aromatic heterocycles. The lowest BCUT2D eigenvalue weighted by atomic mass is 9.94. The number of H-pyrrole nitrogens is 1. The molecule has 3 aliphatic rings. The van der Waals surface area contributed by atoms with Gasteiger partial charge in [0.05, 0.1) is 5.56 Å². The van der Waals surface area contributed by atoms with Crippen molar-refractivity contribution in [3.05, 3.63) is 31.6 Å². The maximum atomic E-state index is 12.9. The molecule has 2 bridgehead atoms. The Kier molecular flexibility index (Phi) is 3.25. The van der Waals surface area contributed by atoms with Gasteiger partial charge in [-0.2, -0.15) is 0 Å². The highest BCUT2D eigenvalue weighted by Crippen LogP contribution is 2.50. The largest absolute Gasteiger partial charge is 0.329 e. The Morgan fingerprint density at radius 2 is 1.81 bits per heavy atom. The van der Waals surface area contributed by atoms with Gasteiger partial charge < -0.3 is 0 Å². The van der Waals surface area contributed by atoms with Crippen molar-refractivity contribution in [2.45, 2.75) is 63.3 Å². The summed E-state index contributed by atoms with van der Waals surface area (Å²) in [5.74, 6) is 1.44. The number of halogens is 1. The third-order valence-corrected chi connectivity index (χ3v) is 6.22. The van der Waals surface area contributed by atoms with Crippen molar-refractivity contribution in [3.8, 4) is 0 Å². The lowest BCUT2D eigenvalue weighted by Gasteiger charge is -2.24. The van der Waals surface area contributed by atoms with Crippen LogP contribution in [-0.2, 0) is 0 Å². The number of nitrogens with zero attached hydrogens (tertiary/aromatic N) is 1. The van der Waals surface area contributed by atoms with E-state index < -0.39 is 0 Å². The van der Waals surface area contributed by atoms with Crippen molar-refractivity contribution in [2.24, 2.45) is 11.8 Å². The van der Waals surface area contributed by atoms with Crippen LogP contribution in [0.1, 0.15) is 68.9 Å². The number of rotatable bonds is 2. The van der Waals surface area contributed by atoms with E-state index in [9.17, 15) is 9.59 Å². The second kappa shape index (κ2) is 5.01. The number of fused-ring (bicyclic) bond motifs is 2. The second-order valence-corrected chi connectivity index (χ2v) is 7.43. The number of hydrogen-bond acceptors (Lipinski definition) is 2. The van der Waals surface area contributed by atoms with Crippen LogP contribution in [0.15, 0.2) is 9.59 Å². The van der Waals surface area contributed by atoms with Crippen molar-refractivity contribution >= 4 is 11.6 Å². The molecule has 3 unspecified atom stereocenters. The molecule has 21 heavy (non-hydrogen) atoms. The van der Waals surface area contributed by atoms with Gasteiger partial charge in [-0.3, -0.25) is 14.3 Å².